The SMILES string of the molecule is CN1CC[C@](C)(CN)C1. The predicted octanol–water partition coefficient (Wildman–Crippen LogP) is 0.287. The van der Waals surface area contributed by atoms with Gasteiger partial charge < -0.3 is 10.6 Å². The van der Waals surface area contributed by atoms with Gasteiger partial charge in [0.15, 0.2) is 0 Å². The summed E-state index contributed by atoms with van der Waals surface area (Å²) in [5.41, 5.74) is 6.02. The van der Waals surface area contributed by atoms with Gasteiger partial charge >= 0.3 is 0 Å². The van der Waals surface area contributed by atoms with Crippen molar-refractivity contribution < 1.29 is 0 Å². The molecule has 1 saturated heterocycles. The van der Waals surface area contributed by atoms with Gasteiger partial charge in [0.2, 0.25) is 0 Å². The topological polar surface area (TPSA) is 29.3 Å². The molecule has 1 fully saturated rings. The minimum absolute atomic E-state index is 0.411. The molecule has 0 spiro atoms. The standard InChI is InChI=1S/C7H16N2/c1-7(5-8)3-4-9(2)6-7/h3-6,8H2,1-2H3/t7-/m1/s1. The maximum atomic E-state index is 5.60. The first-order valence-electron chi connectivity index (χ1n) is 3.55. The minimum Gasteiger partial charge on any atom is -0.330 e. The molecule has 0 amide bonds. The van der Waals surface area contributed by atoms with Crippen molar-refractivity contribution in [1.82, 2.24) is 4.90 Å². The summed E-state index contributed by atoms with van der Waals surface area (Å²) in [5, 5.41) is 0. The van der Waals surface area contributed by atoms with E-state index in [1.165, 1.54) is 19.5 Å². The molecular formula is C7H16N2. The van der Waals surface area contributed by atoms with E-state index in [1.807, 2.05) is 0 Å². The Bertz CT molecular complexity index is 103. The second-order valence-electron chi connectivity index (χ2n) is 3.50. The summed E-state index contributed by atoms with van der Waals surface area (Å²) in [6, 6.07) is 0. The number of rotatable bonds is 1. The molecule has 0 saturated carbocycles. The number of likely N-dealkylation sites (tertiary alicyclic amines) is 1. The number of hydrogen-bond donors (Lipinski definition) is 1. The molecule has 0 aromatic carbocycles. The van der Waals surface area contributed by atoms with E-state index in [2.05, 4.69) is 18.9 Å². The zero-order valence-corrected chi connectivity index (χ0v) is 6.35. The maximum Gasteiger partial charge on any atom is 0.00448 e. The molecule has 0 aromatic heterocycles. The minimum atomic E-state index is 0.411. The fraction of sp³-hybridized carbons (Fsp3) is 1.00. The Morgan fingerprint density at radius 1 is 1.67 bits per heavy atom. The first kappa shape index (κ1) is 7.03. The Labute approximate surface area is 57.0 Å². The molecule has 54 valence electrons. The van der Waals surface area contributed by atoms with Crippen LogP contribution in [-0.4, -0.2) is 31.6 Å². The monoisotopic (exact) mass is 128 g/mol. The number of nitrogens with zero attached hydrogens (tertiary/aromatic N) is 1. The van der Waals surface area contributed by atoms with Crippen LogP contribution < -0.4 is 5.73 Å². The summed E-state index contributed by atoms with van der Waals surface area (Å²) in [6.45, 7) is 5.48. The van der Waals surface area contributed by atoms with E-state index >= 15 is 0 Å². The Morgan fingerprint density at radius 2 is 2.33 bits per heavy atom. The second kappa shape index (κ2) is 2.27. The van der Waals surface area contributed by atoms with Crippen molar-refractivity contribution in [3.8, 4) is 0 Å². The summed E-state index contributed by atoms with van der Waals surface area (Å²) < 4.78 is 0. The van der Waals surface area contributed by atoms with Crippen LogP contribution in [-0.2, 0) is 0 Å². The molecule has 0 bridgehead atoms. The number of nitrogens with two attached hydrogens (primary N) is 1. The number of hydrogen-bond acceptors (Lipinski definition) is 2. The largest absolute Gasteiger partial charge is 0.330 e. The smallest absolute Gasteiger partial charge is 0.00448 e. The molecule has 1 heterocycles. The van der Waals surface area contributed by atoms with Crippen LogP contribution in [0, 0.1) is 5.41 Å². The Morgan fingerprint density at radius 3 is 2.56 bits per heavy atom. The molecule has 1 atom stereocenters. The van der Waals surface area contributed by atoms with Gasteiger partial charge in [-0.3, -0.25) is 0 Å². The zero-order chi connectivity index (χ0) is 6.91. The average Bonchev–Trinajstić information content (AvgIpc) is 2.13. The van der Waals surface area contributed by atoms with Gasteiger partial charge in [-0.2, -0.15) is 0 Å². The Kier molecular flexibility index (Phi) is 1.78. The molecule has 0 radical (unpaired) electrons. The molecule has 2 N–H and O–H groups in total. The van der Waals surface area contributed by atoms with Crippen molar-refractivity contribution >= 4 is 0 Å². The van der Waals surface area contributed by atoms with Gasteiger partial charge in [-0.15, -0.1) is 0 Å². The Hall–Kier alpha value is -0.0800. The van der Waals surface area contributed by atoms with Crippen molar-refractivity contribution in [3.63, 3.8) is 0 Å². The van der Waals surface area contributed by atoms with E-state index in [4.69, 9.17) is 5.73 Å². The third-order valence-electron chi connectivity index (χ3n) is 2.24. The lowest BCUT2D eigenvalue weighted by molar-refractivity contribution is 0.318. The molecule has 2 nitrogen and oxygen atoms in total. The van der Waals surface area contributed by atoms with Gasteiger partial charge in [-0.1, -0.05) is 6.92 Å². The molecule has 1 rings (SSSR count). The third kappa shape index (κ3) is 1.43. The van der Waals surface area contributed by atoms with Crippen molar-refractivity contribution in [1.29, 1.82) is 0 Å². The van der Waals surface area contributed by atoms with Crippen LogP contribution in [0.2, 0.25) is 0 Å². The zero-order valence-electron chi connectivity index (χ0n) is 6.35. The second-order valence-corrected chi connectivity index (χ2v) is 3.50. The van der Waals surface area contributed by atoms with E-state index in [-0.39, 0.29) is 0 Å². The lowest BCUT2D eigenvalue weighted by Crippen LogP contribution is -2.29. The highest BCUT2D eigenvalue weighted by molar-refractivity contribution is 4.85. The van der Waals surface area contributed by atoms with Crippen molar-refractivity contribution in [2.75, 3.05) is 26.7 Å². The molecule has 0 unspecified atom stereocenters. The quantitative estimate of drug-likeness (QED) is 0.550. The first-order chi connectivity index (χ1) is 4.16. The van der Waals surface area contributed by atoms with Crippen LogP contribution in [0.4, 0.5) is 0 Å². The first-order valence-corrected chi connectivity index (χ1v) is 3.55. The highest BCUT2D eigenvalue weighted by Gasteiger charge is 2.29. The molecule has 0 aromatic rings. The highest BCUT2D eigenvalue weighted by atomic mass is 15.1. The predicted molar refractivity (Wildman–Crippen MR) is 39.3 cm³/mol. The van der Waals surface area contributed by atoms with E-state index in [0.29, 0.717) is 5.41 Å². The van der Waals surface area contributed by atoms with Crippen LogP contribution in [0.3, 0.4) is 0 Å². The summed E-state index contributed by atoms with van der Waals surface area (Å²) in [5.74, 6) is 0. The van der Waals surface area contributed by atoms with Crippen molar-refractivity contribution in [3.05, 3.63) is 0 Å². The molecule has 2 heteroatoms. The summed E-state index contributed by atoms with van der Waals surface area (Å²) >= 11 is 0. The van der Waals surface area contributed by atoms with Crippen LogP contribution in [0.15, 0.2) is 0 Å². The summed E-state index contributed by atoms with van der Waals surface area (Å²) in [7, 11) is 2.15. The molecule has 1 aliphatic heterocycles. The van der Waals surface area contributed by atoms with Crippen LogP contribution in [0.1, 0.15) is 13.3 Å². The lowest BCUT2D eigenvalue weighted by Gasteiger charge is -2.20. The van der Waals surface area contributed by atoms with Crippen LogP contribution in [0.25, 0.3) is 0 Å². The van der Waals surface area contributed by atoms with Gasteiger partial charge in [0.1, 0.15) is 0 Å². The van der Waals surface area contributed by atoms with Gasteiger partial charge in [0, 0.05) is 6.54 Å². The summed E-state index contributed by atoms with van der Waals surface area (Å²) in [6.07, 6.45) is 1.26. The van der Waals surface area contributed by atoms with E-state index in [1.54, 1.807) is 0 Å². The average molecular weight is 128 g/mol. The van der Waals surface area contributed by atoms with Crippen molar-refractivity contribution in [2.24, 2.45) is 11.1 Å². The van der Waals surface area contributed by atoms with E-state index in [9.17, 15) is 0 Å². The van der Waals surface area contributed by atoms with Gasteiger partial charge in [-0.05, 0) is 32.0 Å². The molecular weight excluding hydrogens is 112 g/mol. The van der Waals surface area contributed by atoms with E-state index < -0.39 is 0 Å². The maximum absolute atomic E-state index is 5.60. The fourth-order valence-corrected chi connectivity index (χ4v) is 1.44. The lowest BCUT2D eigenvalue weighted by atomic mass is 9.90. The van der Waals surface area contributed by atoms with Crippen LogP contribution in [0.5, 0.6) is 0 Å². The summed E-state index contributed by atoms with van der Waals surface area (Å²) in [4.78, 5) is 2.34. The normalized spacial score (nSPS) is 37.7. The van der Waals surface area contributed by atoms with Crippen molar-refractivity contribution in [2.45, 2.75) is 13.3 Å². The van der Waals surface area contributed by atoms with Gasteiger partial charge in [0.25, 0.3) is 0 Å². The molecule has 9 heavy (non-hydrogen) atoms. The van der Waals surface area contributed by atoms with Gasteiger partial charge in [0.05, 0.1) is 0 Å². The fourth-order valence-electron chi connectivity index (χ4n) is 1.44. The van der Waals surface area contributed by atoms with E-state index in [0.717, 1.165) is 6.54 Å². The van der Waals surface area contributed by atoms with Gasteiger partial charge in [-0.25, -0.2) is 0 Å². The molecule has 0 aliphatic carbocycles. The van der Waals surface area contributed by atoms with Crippen LogP contribution >= 0.6 is 0 Å². The Balaban J connectivity index is 2.45. The third-order valence-corrected chi connectivity index (χ3v) is 2.24. The molecule has 1 aliphatic rings. The highest BCUT2D eigenvalue weighted by Crippen LogP contribution is 2.26.